The number of fused-ring (bicyclic) bond motifs is 1. The topological polar surface area (TPSA) is 32.3 Å². The van der Waals surface area contributed by atoms with Crippen LogP contribution in [0.3, 0.4) is 0 Å². The minimum absolute atomic E-state index is 0.261. The maximum atomic E-state index is 11.1. The molecule has 2 rings (SSSR count). The van der Waals surface area contributed by atoms with Gasteiger partial charge in [-0.25, -0.2) is 0 Å². The van der Waals surface area contributed by atoms with Crippen molar-refractivity contribution in [3.63, 3.8) is 0 Å². The predicted octanol–water partition coefficient (Wildman–Crippen LogP) is -0.294. The highest BCUT2D eigenvalue weighted by atomic mass is 16.2. The van der Waals surface area contributed by atoms with Crippen molar-refractivity contribution >= 4 is 5.91 Å². The third-order valence-corrected chi connectivity index (χ3v) is 1.98. The van der Waals surface area contributed by atoms with Gasteiger partial charge in [0.1, 0.15) is 0 Å². The number of carbonyl (C=O) groups excluding carboxylic acids is 1. The molecule has 0 unspecified atom stereocenters. The molecule has 0 atom stereocenters. The molecule has 2 aliphatic rings. The van der Waals surface area contributed by atoms with E-state index in [9.17, 15) is 4.79 Å². The molecule has 1 N–H and O–H groups in total. The van der Waals surface area contributed by atoms with Crippen molar-refractivity contribution in [3.8, 4) is 0 Å². The Morgan fingerprint density at radius 3 is 3.30 bits per heavy atom. The van der Waals surface area contributed by atoms with Gasteiger partial charge >= 0.3 is 0 Å². The quantitative estimate of drug-likeness (QED) is 0.498. The molecule has 3 nitrogen and oxygen atoms in total. The van der Waals surface area contributed by atoms with E-state index in [0.717, 1.165) is 25.3 Å². The first kappa shape index (κ1) is 5.92. The minimum Gasteiger partial charge on any atom is -0.314 e. The zero-order valence-corrected chi connectivity index (χ0v) is 5.76. The third kappa shape index (κ3) is 0.743. The number of hydrogen-bond acceptors (Lipinski definition) is 2. The Hall–Kier alpha value is -0.830. The Morgan fingerprint density at radius 2 is 2.50 bits per heavy atom. The van der Waals surface area contributed by atoms with Crippen LogP contribution in [0, 0.1) is 0 Å². The van der Waals surface area contributed by atoms with Gasteiger partial charge < -0.3 is 10.2 Å². The molecule has 0 aromatic carbocycles. The van der Waals surface area contributed by atoms with E-state index in [0.29, 0.717) is 6.42 Å². The Balaban J connectivity index is 2.18. The number of rotatable bonds is 0. The average molecular weight is 138 g/mol. The molecule has 1 saturated heterocycles. The summed E-state index contributed by atoms with van der Waals surface area (Å²) in [6, 6.07) is 0. The molecule has 2 heterocycles. The lowest BCUT2D eigenvalue weighted by Gasteiger charge is -2.25. The van der Waals surface area contributed by atoms with Crippen LogP contribution in [-0.2, 0) is 4.79 Å². The Kier molecular flexibility index (Phi) is 1.24. The van der Waals surface area contributed by atoms with E-state index in [4.69, 9.17) is 0 Å². The Morgan fingerprint density at radius 1 is 1.60 bits per heavy atom. The number of amides is 1. The van der Waals surface area contributed by atoms with Crippen molar-refractivity contribution < 1.29 is 4.79 Å². The highest BCUT2D eigenvalue weighted by molar-refractivity contribution is 5.82. The summed E-state index contributed by atoms with van der Waals surface area (Å²) in [7, 11) is 0. The lowest BCUT2D eigenvalue weighted by molar-refractivity contribution is -0.127. The summed E-state index contributed by atoms with van der Waals surface area (Å²) >= 11 is 0. The molecule has 0 spiro atoms. The van der Waals surface area contributed by atoms with Gasteiger partial charge in [0, 0.05) is 31.8 Å². The smallest absolute Gasteiger partial charge is 0.230 e. The van der Waals surface area contributed by atoms with Gasteiger partial charge in [-0.2, -0.15) is 0 Å². The normalized spacial score (nSPS) is 24.6. The van der Waals surface area contributed by atoms with E-state index < -0.39 is 0 Å². The van der Waals surface area contributed by atoms with E-state index >= 15 is 0 Å². The van der Waals surface area contributed by atoms with Crippen LogP contribution in [0.4, 0.5) is 0 Å². The van der Waals surface area contributed by atoms with Crippen molar-refractivity contribution in [2.75, 3.05) is 19.6 Å². The fourth-order valence-corrected chi connectivity index (χ4v) is 1.43. The summed E-state index contributed by atoms with van der Waals surface area (Å²) in [5, 5.41) is 3.21. The fraction of sp³-hybridized carbons (Fsp3) is 0.571. The van der Waals surface area contributed by atoms with Crippen molar-refractivity contribution in [1.29, 1.82) is 0 Å². The molecule has 0 radical (unpaired) electrons. The van der Waals surface area contributed by atoms with Crippen molar-refractivity contribution in [2.45, 2.75) is 6.42 Å². The number of nitrogens with one attached hydrogen (secondary N) is 1. The zero-order valence-electron chi connectivity index (χ0n) is 5.76. The van der Waals surface area contributed by atoms with E-state index in [-0.39, 0.29) is 5.91 Å². The minimum atomic E-state index is 0.261. The number of carbonyl (C=O) groups is 1. The second kappa shape index (κ2) is 2.09. The van der Waals surface area contributed by atoms with Gasteiger partial charge in [0.25, 0.3) is 0 Å². The molecule has 3 heteroatoms. The molecule has 10 heavy (non-hydrogen) atoms. The van der Waals surface area contributed by atoms with Gasteiger partial charge in [-0.15, -0.1) is 0 Å². The monoisotopic (exact) mass is 138 g/mol. The van der Waals surface area contributed by atoms with Crippen molar-refractivity contribution in [1.82, 2.24) is 10.2 Å². The largest absolute Gasteiger partial charge is 0.314 e. The maximum Gasteiger partial charge on any atom is 0.230 e. The Bertz CT molecular complexity index is 198. The van der Waals surface area contributed by atoms with Gasteiger partial charge in [-0.3, -0.25) is 4.79 Å². The van der Waals surface area contributed by atoms with Crippen molar-refractivity contribution in [2.24, 2.45) is 0 Å². The standard InChI is InChI=1S/C7H10N2O/c10-7-2-1-6-5-8-3-4-9(6)7/h1,8H,2-5H2. The van der Waals surface area contributed by atoms with Gasteiger partial charge in [0.15, 0.2) is 0 Å². The summed E-state index contributed by atoms with van der Waals surface area (Å²) in [5.74, 6) is 0.261. The van der Waals surface area contributed by atoms with Crippen LogP contribution in [-0.4, -0.2) is 30.4 Å². The summed E-state index contributed by atoms with van der Waals surface area (Å²) in [6.07, 6.45) is 2.62. The predicted molar refractivity (Wildman–Crippen MR) is 37.3 cm³/mol. The second-order valence-corrected chi connectivity index (χ2v) is 2.62. The van der Waals surface area contributed by atoms with Crippen LogP contribution in [0.1, 0.15) is 6.42 Å². The molecule has 0 aromatic rings. The van der Waals surface area contributed by atoms with Crippen LogP contribution in [0.5, 0.6) is 0 Å². The zero-order chi connectivity index (χ0) is 6.97. The fourth-order valence-electron chi connectivity index (χ4n) is 1.43. The van der Waals surface area contributed by atoms with Crippen LogP contribution >= 0.6 is 0 Å². The van der Waals surface area contributed by atoms with E-state index in [2.05, 4.69) is 5.32 Å². The third-order valence-electron chi connectivity index (χ3n) is 1.98. The lowest BCUT2D eigenvalue weighted by Crippen LogP contribution is -2.41. The van der Waals surface area contributed by atoms with Crippen LogP contribution in [0.15, 0.2) is 11.8 Å². The molecular weight excluding hydrogens is 128 g/mol. The molecule has 0 aromatic heterocycles. The summed E-state index contributed by atoms with van der Waals surface area (Å²) in [4.78, 5) is 12.9. The SMILES string of the molecule is O=C1CC=C2CNCCN12. The highest BCUT2D eigenvalue weighted by Crippen LogP contribution is 2.16. The van der Waals surface area contributed by atoms with Gasteiger partial charge in [0.05, 0.1) is 0 Å². The summed E-state index contributed by atoms with van der Waals surface area (Å²) < 4.78 is 0. The molecular formula is C7H10N2O. The van der Waals surface area contributed by atoms with E-state index in [1.54, 1.807) is 0 Å². The molecule has 0 saturated carbocycles. The van der Waals surface area contributed by atoms with Crippen LogP contribution in [0.2, 0.25) is 0 Å². The van der Waals surface area contributed by atoms with Gasteiger partial charge in [-0.1, -0.05) is 6.08 Å². The second-order valence-electron chi connectivity index (χ2n) is 2.62. The summed E-state index contributed by atoms with van der Waals surface area (Å²) in [6.45, 7) is 2.65. The first-order valence-electron chi connectivity index (χ1n) is 3.58. The van der Waals surface area contributed by atoms with Gasteiger partial charge in [0.2, 0.25) is 5.91 Å². The molecule has 54 valence electrons. The number of hydrogen-bond donors (Lipinski definition) is 1. The first-order chi connectivity index (χ1) is 4.88. The molecule has 1 fully saturated rings. The Labute approximate surface area is 59.7 Å². The molecule has 2 aliphatic heterocycles. The maximum absolute atomic E-state index is 11.1. The van der Waals surface area contributed by atoms with Crippen molar-refractivity contribution in [3.05, 3.63) is 11.8 Å². The molecule has 0 aliphatic carbocycles. The first-order valence-corrected chi connectivity index (χ1v) is 3.58. The van der Waals surface area contributed by atoms with E-state index in [1.165, 1.54) is 0 Å². The molecule has 1 amide bonds. The number of piperazine rings is 1. The summed E-state index contributed by atoms with van der Waals surface area (Å²) in [5.41, 5.74) is 1.16. The van der Waals surface area contributed by atoms with E-state index in [1.807, 2.05) is 11.0 Å². The number of nitrogens with zero attached hydrogens (tertiary/aromatic N) is 1. The van der Waals surface area contributed by atoms with Crippen LogP contribution in [0.25, 0.3) is 0 Å². The van der Waals surface area contributed by atoms with Gasteiger partial charge in [-0.05, 0) is 0 Å². The van der Waals surface area contributed by atoms with Crippen LogP contribution < -0.4 is 5.32 Å². The highest BCUT2D eigenvalue weighted by Gasteiger charge is 2.24. The molecule has 0 bridgehead atoms. The lowest BCUT2D eigenvalue weighted by atomic mass is 10.3. The average Bonchev–Trinajstić information content (AvgIpc) is 2.34.